The van der Waals surface area contributed by atoms with Crippen molar-refractivity contribution in [2.45, 2.75) is 45.7 Å². The molecule has 0 radical (unpaired) electrons. The molecular formula is C12H19N3O3S. The van der Waals surface area contributed by atoms with Crippen LogP contribution in [0.15, 0.2) is 5.38 Å². The lowest BCUT2D eigenvalue weighted by Gasteiger charge is -2.17. The van der Waals surface area contributed by atoms with Crippen LogP contribution in [0.25, 0.3) is 0 Å². The predicted octanol–water partition coefficient (Wildman–Crippen LogP) is 2.39. The summed E-state index contributed by atoms with van der Waals surface area (Å²) in [6.07, 6.45) is 1.75. The molecule has 0 fully saturated rings. The number of carbonyl (C=O) groups excluding carboxylic acids is 1. The number of nitrogens with zero attached hydrogens (tertiary/aromatic N) is 1. The fourth-order valence-electron chi connectivity index (χ4n) is 1.56. The van der Waals surface area contributed by atoms with Crippen LogP contribution >= 0.6 is 11.3 Å². The summed E-state index contributed by atoms with van der Waals surface area (Å²) in [6.45, 7) is 5.80. The summed E-state index contributed by atoms with van der Waals surface area (Å²) >= 11 is 1.22. The zero-order valence-electron chi connectivity index (χ0n) is 11.3. The van der Waals surface area contributed by atoms with E-state index in [-0.39, 0.29) is 23.8 Å². The molecule has 7 heteroatoms. The van der Waals surface area contributed by atoms with Crippen LogP contribution in [0.4, 0.5) is 4.79 Å². The van der Waals surface area contributed by atoms with Crippen molar-refractivity contribution in [2.24, 2.45) is 0 Å². The number of rotatable bonds is 6. The van der Waals surface area contributed by atoms with Crippen LogP contribution in [-0.4, -0.2) is 28.1 Å². The highest BCUT2D eigenvalue weighted by molar-refractivity contribution is 7.09. The lowest BCUT2D eigenvalue weighted by atomic mass is 10.2. The molecule has 0 saturated heterocycles. The molecule has 0 aliphatic heterocycles. The van der Waals surface area contributed by atoms with Gasteiger partial charge in [-0.05, 0) is 19.8 Å². The summed E-state index contributed by atoms with van der Waals surface area (Å²) in [5.41, 5.74) is 0.00838. The van der Waals surface area contributed by atoms with E-state index in [0.717, 1.165) is 12.8 Å². The van der Waals surface area contributed by atoms with Gasteiger partial charge in [0.2, 0.25) is 0 Å². The highest BCUT2D eigenvalue weighted by atomic mass is 32.1. The van der Waals surface area contributed by atoms with E-state index >= 15 is 0 Å². The Morgan fingerprint density at radius 2 is 2.00 bits per heavy atom. The number of nitrogens with one attached hydrogen (secondary N) is 2. The third kappa shape index (κ3) is 4.51. The van der Waals surface area contributed by atoms with Gasteiger partial charge >= 0.3 is 12.0 Å². The van der Waals surface area contributed by atoms with E-state index in [1.54, 1.807) is 6.92 Å². The molecule has 1 aromatic rings. The lowest BCUT2D eigenvalue weighted by molar-refractivity contribution is 0.0691. The number of amides is 2. The summed E-state index contributed by atoms with van der Waals surface area (Å²) in [5.74, 6) is -1.06. The van der Waals surface area contributed by atoms with Gasteiger partial charge in [-0.25, -0.2) is 14.6 Å². The second kappa shape index (κ2) is 7.08. The standard InChI is InChI=1S/C12H19N3O3S/c1-4-8(5-2)14-12(18)13-7(3)10-15-9(6-19-10)11(16)17/h6-8H,4-5H2,1-3H3,(H,16,17)(H2,13,14,18). The first-order valence-corrected chi connectivity index (χ1v) is 7.11. The van der Waals surface area contributed by atoms with Crippen LogP contribution in [0.1, 0.15) is 55.2 Å². The summed E-state index contributed by atoms with van der Waals surface area (Å²) < 4.78 is 0. The number of carbonyl (C=O) groups is 2. The SMILES string of the molecule is CCC(CC)NC(=O)NC(C)c1nc(C(=O)O)cs1. The van der Waals surface area contributed by atoms with Crippen LogP contribution in [0.2, 0.25) is 0 Å². The number of carboxylic acid groups (broad SMARTS) is 1. The van der Waals surface area contributed by atoms with Crippen LogP contribution in [0.5, 0.6) is 0 Å². The maximum atomic E-state index is 11.7. The zero-order valence-corrected chi connectivity index (χ0v) is 12.1. The van der Waals surface area contributed by atoms with Crippen molar-refractivity contribution in [3.05, 3.63) is 16.1 Å². The molecule has 3 N–H and O–H groups in total. The minimum Gasteiger partial charge on any atom is -0.476 e. The fourth-order valence-corrected chi connectivity index (χ4v) is 2.36. The molecule has 0 saturated carbocycles. The summed E-state index contributed by atoms with van der Waals surface area (Å²) in [5, 5.41) is 16.4. The van der Waals surface area contributed by atoms with Crippen LogP contribution in [0, 0.1) is 0 Å². The monoisotopic (exact) mass is 285 g/mol. The van der Waals surface area contributed by atoms with Crippen molar-refractivity contribution in [3.8, 4) is 0 Å². The predicted molar refractivity (Wildman–Crippen MR) is 73.5 cm³/mol. The number of aromatic nitrogens is 1. The lowest BCUT2D eigenvalue weighted by Crippen LogP contribution is -2.42. The van der Waals surface area contributed by atoms with E-state index in [1.165, 1.54) is 16.7 Å². The molecule has 1 heterocycles. The number of hydrogen-bond donors (Lipinski definition) is 3. The van der Waals surface area contributed by atoms with Gasteiger partial charge in [-0.3, -0.25) is 0 Å². The van der Waals surface area contributed by atoms with Gasteiger partial charge in [0.1, 0.15) is 5.01 Å². The van der Waals surface area contributed by atoms with Gasteiger partial charge in [0, 0.05) is 11.4 Å². The first-order chi connectivity index (χ1) is 8.97. The van der Waals surface area contributed by atoms with Crippen LogP contribution in [0.3, 0.4) is 0 Å². The number of urea groups is 1. The van der Waals surface area contributed by atoms with E-state index in [2.05, 4.69) is 15.6 Å². The molecule has 1 unspecified atom stereocenters. The Bertz CT molecular complexity index is 443. The Labute approximate surface area is 116 Å². The molecular weight excluding hydrogens is 266 g/mol. The Balaban J connectivity index is 2.56. The Morgan fingerprint density at radius 1 is 1.37 bits per heavy atom. The molecule has 0 bridgehead atoms. The van der Waals surface area contributed by atoms with Gasteiger partial charge in [-0.1, -0.05) is 13.8 Å². The van der Waals surface area contributed by atoms with Crippen molar-refractivity contribution >= 4 is 23.3 Å². The van der Waals surface area contributed by atoms with Gasteiger partial charge in [0.05, 0.1) is 6.04 Å². The molecule has 0 aliphatic carbocycles. The third-order valence-electron chi connectivity index (χ3n) is 2.78. The molecule has 19 heavy (non-hydrogen) atoms. The van der Waals surface area contributed by atoms with Crippen molar-refractivity contribution < 1.29 is 14.7 Å². The Morgan fingerprint density at radius 3 is 2.47 bits per heavy atom. The number of carboxylic acids is 1. The zero-order chi connectivity index (χ0) is 14.4. The first kappa shape index (κ1) is 15.4. The summed E-state index contributed by atoms with van der Waals surface area (Å²) in [4.78, 5) is 26.4. The average molecular weight is 285 g/mol. The number of thiazole rings is 1. The minimum atomic E-state index is -1.06. The largest absolute Gasteiger partial charge is 0.476 e. The Hall–Kier alpha value is -1.63. The van der Waals surface area contributed by atoms with E-state index in [1.807, 2.05) is 13.8 Å². The summed E-state index contributed by atoms with van der Waals surface area (Å²) in [6, 6.07) is -0.418. The van der Waals surface area contributed by atoms with Crippen molar-refractivity contribution in [1.82, 2.24) is 15.6 Å². The molecule has 0 aromatic carbocycles. The molecule has 0 spiro atoms. The van der Waals surface area contributed by atoms with Crippen LogP contribution < -0.4 is 10.6 Å². The molecule has 1 atom stereocenters. The maximum absolute atomic E-state index is 11.7. The van der Waals surface area contributed by atoms with Gasteiger partial charge < -0.3 is 15.7 Å². The van der Waals surface area contributed by atoms with Gasteiger partial charge in [-0.2, -0.15) is 0 Å². The van der Waals surface area contributed by atoms with Crippen LogP contribution in [-0.2, 0) is 0 Å². The molecule has 2 amide bonds. The summed E-state index contributed by atoms with van der Waals surface area (Å²) in [7, 11) is 0. The van der Waals surface area contributed by atoms with Gasteiger partial charge in [-0.15, -0.1) is 11.3 Å². The van der Waals surface area contributed by atoms with E-state index < -0.39 is 5.97 Å². The highest BCUT2D eigenvalue weighted by Gasteiger charge is 2.16. The molecule has 6 nitrogen and oxygen atoms in total. The second-order valence-corrected chi connectivity index (χ2v) is 5.12. The Kier molecular flexibility index (Phi) is 5.75. The minimum absolute atomic E-state index is 0.00838. The van der Waals surface area contributed by atoms with E-state index in [4.69, 9.17) is 5.11 Å². The smallest absolute Gasteiger partial charge is 0.355 e. The first-order valence-electron chi connectivity index (χ1n) is 6.23. The molecule has 106 valence electrons. The fraction of sp³-hybridized carbons (Fsp3) is 0.583. The molecule has 1 rings (SSSR count). The van der Waals surface area contributed by atoms with Gasteiger partial charge in [0.15, 0.2) is 5.69 Å². The normalized spacial score (nSPS) is 12.2. The highest BCUT2D eigenvalue weighted by Crippen LogP contribution is 2.17. The van der Waals surface area contributed by atoms with Crippen molar-refractivity contribution in [3.63, 3.8) is 0 Å². The van der Waals surface area contributed by atoms with Crippen molar-refractivity contribution in [1.29, 1.82) is 0 Å². The number of aromatic carboxylic acids is 1. The van der Waals surface area contributed by atoms with E-state index in [0.29, 0.717) is 5.01 Å². The number of hydrogen-bond acceptors (Lipinski definition) is 4. The maximum Gasteiger partial charge on any atom is 0.355 e. The van der Waals surface area contributed by atoms with E-state index in [9.17, 15) is 9.59 Å². The average Bonchev–Trinajstić information content (AvgIpc) is 2.85. The van der Waals surface area contributed by atoms with Gasteiger partial charge in [0.25, 0.3) is 0 Å². The molecule has 0 aliphatic rings. The molecule has 1 aromatic heterocycles. The third-order valence-corrected chi connectivity index (χ3v) is 3.81. The topological polar surface area (TPSA) is 91.3 Å². The van der Waals surface area contributed by atoms with Crippen molar-refractivity contribution in [2.75, 3.05) is 0 Å². The second-order valence-electron chi connectivity index (χ2n) is 4.23. The quantitative estimate of drug-likeness (QED) is 0.748.